The number of para-hydroxylation sites is 1. The molecule has 1 saturated heterocycles. The van der Waals surface area contributed by atoms with E-state index < -0.39 is 6.04 Å². The van der Waals surface area contributed by atoms with Crippen molar-refractivity contribution >= 4 is 23.7 Å². The Labute approximate surface area is 179 Å². The molecule has 1 aliphatic heterocycles. The van der Waals surface area contributed by atoms with Gasteiger partial charge in [0.1, 0.15) is 11.8 Å². The number of anilines is 1. The maximum atomic E-state index is 13.0. The predicted molar refractivity (Wildman–Crippen MR) is 117 cm³/mol. The molecule has 3 aromatic rings. The number of benzene rings is 2. The third-order valence-corrected chi connectivity index (χ3v) is 5.89. The van der Waals surface area contributed by atoms with Gasteiger partial charge in [0, 0.05) is 31.0 Å². The quantitative estimate of drug-likeness (QED) is 0.623. The first-order valence-corrected chi connectivity index (χ1v) is 11.0. The Morgan fingerprint density at radius 3 is 2.63 bits per heavy atom. The average molecular weight is 425 g/mol. The van der Waals surface area contributed by atoms with Crippen LogP contribution in [0.2, 0.25) is 0 Å². The van der Waals surface area contributed by atoms with Gasteiger partial charge in [-0.2, -0.15) is 11.8 Å². The van der Waals surface area contributed by atoms with E-state index in [1.165, 1.54) is 0 Å². The summed E-state index contributed by atoms with van der Waals surface area (Å²) >= 11 is 1.92. The summed E-state index contributed by atoms with van der Waals surface area (Å²) in [6.45, 7) is 1.76. The fraction of sp³-hybridized carbons (Fsp3) is 0.318. The van der Waals surface area contributed by atoms with Gasteiger partial charge in [-0.1, -0.05) is 47.6 Å². The maximum absolute atomic E-state index is 13.0. The van der Waals surface area contributed by atoms with Gasteiger partial charge in [0.15, 0.2) is 0 Å². The Balaban J connectivity index is 1.58. The average Bonchev–Trinajstić information content (AvgIpc) is 3.30. The highest BCUT2D eigenvalue weighted by atomic mass is 32.2. The molecule has 1 N–H and O–H groups in total. The first-order valence-electron chi connectivity index (χ1n) is 9.88. The molecule has 4 rings (SSSR count). The van der Waals surface area contributed by atoms with Crippen LogP contribution in [-0.4, -0.2) is 47.8 Å². The van der Waals surface area contributed by atoms with Crippen molar-refractivity contribution in [3.8, 4) is 5.75 Å². The van der Waals surface area contributed by atoms with Crippen molar-refractivity contribution in [2.45, 2.75) is 12.5 Å². The van der Waals surface area contributed by atoms with E-state index in [9.17, 15) is 4.79 Å². The van der Waals surface area contributed by atoms with Crippen molar-refractivity contribution in [2.24, 2.45) is 0 Å². The van der Waals surface area contributed by atoms with Crippen LogP contribution < -0.4 is 15.0 Å². The van der Waals surface area contributed by atoms with Crippen LogP contribution in [0.15, 0.2) is 59.0 Å². The summed E-state index contributed by atoms with van der Waals surface area (Å²) in [7, 11) is 1.55. The molecule has 30 heavy (non-hydrogen) atoms. The van der Waals surface area contributed by atoms with E-state index in [0.29, 0.717) is 29.6 Å². The summed E-state index contributed by atoms with van der Waals surface area (Å²) in [5.74, 6) is 2.74. The smallest absolute Gasteiger partial charge is 0.318 e. The number of rotatable bonds is 7. The normalized spacial score (nSPS) is 14.9. The van der Waals surface area contributed by atoms with Crippen LogP contribution in [0.3, 0.4) is 0 Å². The molecule has 0 aliphatic carbocycles. The second-order valence-corrected chi connectivity index (χ2v) is 8.16. The summed E-state index contributed by atoms with van der Waals surface area (Å²) in [5, 5.41) is 11.6. The number of thioether (sulfide) groups is 1. The molecule has 1 amide bonds. The Kier molecular flexibility index (Phi) is 6.53. The van der Waals surface area contributed by atoms with Crippen molar-refractivity contribution in [1.82, 2.24) is 15.5 Å². The number of hydrogen-bond donors (Lipinski definition) is 1. The fourth-order valence-corrected chi connectivity index (χ4v) is 4.27. The summed E-state index contributed by atoms with van der Waals surface area (Å²) in [6.07, 6.45) is 0.541. The topological polar surface area (TPSA) is 80.5 Å². The Bertz CT molecular complexity index is 973. The van der Waals surface area contributed by atoms with Crippen molar-refractivity contribution in [2.75, 3.05) is 36.6 Å². The van der Waals surface area contributed by atoms with Crippen LogP contribution in [0.4, 0.5) is 6.01 Å². The Hall–Kier alpha value is -3.00. The fourth-order valence-electron chi connectivity index (χ4n) is 3.37. The van der Waals surface area contributed by atoms with Crippen molar-refractivity contribution in [3.05, 3.63) is 71.6 Å². The van der Waals surface area contributed by atoms with Gasteiger partial charge in [-0.3, -0.25) is 4.79 Å². The first kappa shape index (κ1) is 20.3. The summed E-state index contributed by atoms with van der Waals surface area (Å²) in [4.78, 5) is 15.1. The maximum Gasteiger partial charge on any atom is 0.318 e. The minimum atomic E-state index is -0.453. The lowest BCUT2D eigenvalue weighted by atomic mass is 10.1. The highest BCUT2D eigenvalue weighted by Crippen LogP contribution is 2.25. The van der Waals surface area contributed by atoms with Gasteiger partial charge in [0.25, 0.3) is 5.91 Å². The van der Waals surface area contributed by atoms with Crippen LogP contribution in [0, 0.1) is 0 Å². The molecule has 1 aliphatic rings. The summed E-state index contributed by atoms with van der Waals surface area (Å²) in [6, 6.07) is 17.1. The number of carbonyl (C=O) groups is 1. The molecule has 0 spiro atoms. The standard InChI is InChI=1S/C22H24N4O3S/c1-28-19-10-6-5-9-17(19)20(27)23-18(15-16-7-3-2-4-8-16)21-24-25-22(29-21)26-11-13-30-14-12-26/h2-10,18H,11-15H2,1H3,(H,23,27)/t18-/m1/s1. The van der Waals surface area contributed by atoms with E-state index in [1.54, 1.807) is 19.2 Å². The van der Waals surface area contributed by atoms with E-state index in [2.05, 4.69) is 20.4 Å². The molecule has 7 nitrogen and oxygen atoms in total. The van der Waals surface area contributed by atoms with Crippen molar-refractivity contribution < 1.29 is 13.9 Å². The van der Waals surface area contributed by atoms with Crippen LogP contribution in [-0.2, 0) is 6.42 Å². The van der Waals surface area contributed by atoms with E-state index in [0.717, 1.165) is 30.2 Å². The Morgan fingerprint density at radius 1 is 1.13 bits per heavy atom. The zero-order valence-corrected chi connectivity index (χ0v) is 17.6. The van der Waals surface area contributed by atoms with Gasteiger partial charge >= 0.3 is 6.01 Å². The van der Waals surface area contributed by atoms with E-state index >= 15 is 0 Å². The van der Waals surface area contributed by atoms with Crippen LogP contribution in [0.25, 0.3) is 0 Å². The third-order valence-electron chi connectivity index (χ3n) is 4.95. The minimum absolute atomic E-state index is 0.248. The third kappa shape index (κ3) is 4.76. The predicted octanol–water partition coefficient (Wildman–Crippen LogP) is 3.35. The number of aromatic nitrogens is 2. The lowest BCUT2D eigenvalue weighted by Gasteiger charge is -2.24. The van der Waals surface area contributed by atoms with Crippen molar-refractivity contribution in [1.29, 1.82) is 0 Å². The molecule has 8 heteroatoms. The summed E-state index contributed by atoms with van der Waals surface area (Å²) in [5.41, 5.74) is 1.53. The van der Waals surface area contributed by atoms with Gasteiger partial charge in [0.2, 0.25) is 5.89 Å². The number of nitrogens with one attached hydrogen (secondary N) is 1. The Morgan fingerprint density at radius 2 is 1.87 bits per heavy atom. The number of methoxy groups -OCH3 is 1. The number of carbonyl (C=O) groups excluding carboxylic acids is 1. The molecule has 0 unspecified atom stereocenters. The molecule has 2 aromatic carbocycles. The molecule has 1 aromatic heterocycles. The van der Waals surface area contributed by atoms with Gasteiger partial charge in [-0.15, -0.1) is 5.10 Å². The molecule has 2 heterocycles. The van der Waals surface area contributed by atoms with E-state index in [4.69, 9.17) is 9.15 Å². The number of nitrogens with zero attached hydrogens (tertiary/aromatic N) is 3. The second kappa shape index (κ2) is 9.67. The molecule has 0 saturated carbocycles. The lowest BCUT2D eigenvalue weighted by Crippen LogP contribution is -2.32. The van der Waals surface area contributed by atoms with Gasteiger partial charge in [-0.05, 0) is 17.7 Å². The van der Waals surface area contributed by atoms with E-state index in [1.807, 2.05) is 54.2 Å². The highest BCUT2D eigenvalue weighted by molar-refractivity contribution is 7.99. The van der Waals surface area contributed by atoms with Gasteiger partial charge in [-0.25, -0.2) is 0 Å². The van der Waals surface area contributed by atoms with Crippen LogP contribution in [0.1, 0.15) is 27.9 Å². The van der Waals surface area contributed by atoms with Gasteiger partial charge in [0.05, 0.1) is 12.7 Å². The molecular formula is C22H24N4O3S. The molecule has 0 bridgehead atoms. The van der Waals surface area contributed by atoms with Crippen LogP contribution >= 0.6 is 11.8 Å². The SMILES string of the molecule is COc1ccccc1C(=O)N[C@H](Cc1ccccc1)c1nnc(N2CCSCC2)o1. The first-order chi connectivity index (χ1) is 14.7. The number of ether oxygens (including phenoxy) is 1. The minimum Gasteiger partial charge on any atom is -0.496 e. The van der Waals surface area contributed by atoms with Crippen LogP contribution in [0.5, 0.6) is 5.75 Å². The van der Waals surface area contributed by atoms with Crippen molar-refractivity contribution in [3.63, 3.8) is 0 Å². The monoisotopic (exact) mass is 424 g/mol. The second-order valence-electron chi connectivity index (χ2n) is 6.94. The molecule has 1 atom stereocenters. The molecule has 156 valence electrons. The molecular weight excluding hydrogens is 400 g/mol. The number of amides is 1. The molecule has 0 radical (unpaired) electrons. The highest BCUT2D eigenvalue weighted by Gasteiger charge is 2.25. The zero-order valence-electron chi connectivity index (χ0n) is 16.8. The summed E-state index contributed by atoms with van der Waals surface area (Å²) < 4.78 is 11.3. The van der Waals surface area contributed by atoms with E-state index in [-0.39, 0.29) is 5.91 Å². The zero-order chi connectivity index (χ0) is 20.8. The molecule has 1 fully saturated rings. The largest absolute Gasteiger partial charge is 0.496 e. The van der Waals surface area contributed by atoms with Gasteiger partial charge < -0.3 is 19.4 Å². The number of hydrogen-bond acceptors (Lipinski definition) is 7. The lowest BCUT2D eigenvalue weighted by molar-refractivity contribution is 0.0927.